The first-order valence-electron chi connectivity index (χ1n) is 11.2. The Morgan fingerprint density at radius 2 is 1.89 bits per heavy atom. The number of carboxylic acid groups (broad SMARTS) is 1. The van der Waals surface area contributed by atoms with E-state index >= 15 is 0 Å². The third kappa shape index (κ3) is 6.87. The SMILES string of the molecule is COc1ccc(CCNC(=O)c2ccc(Oc3cc4c(cc3Cl)C(C(=O)[O-])CCO4)cc2)c(OC)n1.[Na+]. The van der Waals surface area contributed by atoms with Gasteiger partial charge >= 0.3 is 29.6 Å². The van der Waals surface area contributed by atoms with E-state index in [-0.39, 0.29) is 47.1 Å². The number of hydrogen-bond donors (Lipinski definition) is 1. The van der Waals surface area contributed by atoms with Gasteiger partial charge in [0.2, 0.25) is 11.8 Å². The minimum absolute atomic E-state index is 0. The molecular formula is C26H24ClN2NaO7. The Labute approximate surface area is 241 Å². The molecule has 0 saturated heterocycles. The van der Waals surface area contributed by atoms with Gasteiger partial charge < -0.3 is 34.2 Å². The van der Waals surface area contributed by atoms with Gasteiger partial charge in [-0.25, -0.2) is 0 Å². The molecule has 1 aromatic heterocycles. The molecule has 0 fully saturated rings. The second kappa shape index (κ2) is 13.0. The number of amides is 1. The smallest absolute Gasteiger partial charge is 0.549 e. The zero-order valence-electron chi connectivity index (χ0n) is 20.7. The van der Waals surface area contributed by atoms with Crippen LogP contribution >= 0.6 is 11.6 Å². The quantitative estimate of drug-likeness (QED) is 0.385. The number of halogens is 1. The van der Waals surface area contributed by atoms with Crippen LogP contribution in [0.2, 0.25) is 5.02 Å². The normalized spacial score (nSPS) is 13.9. The van der Waals surface area contributed by atoms with Crippen molar-refractivity contribution in [1.29, 1.82) is 0 Å². The topological polar surface area (TPSA) is 119 Å². The predicted molar refractivity (Wildman–Crippen MR) is 129 cm³/mol. The first-order chi connectivity index (χ1) is 17.4. The molecule has 1 unspecified atom stereocenters. The number of aliphatic carboxylic acids is 1. The molecule has 0 aliphatic carbocycles. The maximum absolute atomic E-state index is 12.6. The minimum atomic E-state index is -1.17. The predicted octanol–water partition coefficient (Wildman–Crippen LogP) is 0.137. The Balaban J connectivity index is 0.00000380. The number of methoxy groups -OCH3 is 2. The van der Waals surface area contributed by atoms with Crippen LogP contribution in [0.5, 0.6) is 29.0 Å². The summed E-state index contributed by atoms with van der Waals surface area (Å²) in [6.07, 6.45) is 0.852. The van der Waals surface area contributed by atoms with Crippen molar-refractivity contribution in [3.63, 3.8) is 0 Å². The van der Waals surface area contributed by atoms with Crippen LogP contribution in [0.3, 0.4) is 0 Å². The Hall–Kier alpha value is -2.98. The fourth-order valence-corrected chi connectivity index (χ4v) is 4.07. The number of carboxylic acids is 1. The second-order valence-corrected chi connectivity index (χ2v) is 8.39. The number of carbonyl (C=O) groups is 2. The zero-order valence-corrected chi connectivity index (χ0v) is 23.5. The minimum Gasteiger partial charge on any atom is -0.549 e. The van der Waals surface area contributed by atoms with Crippen LogP contribution in [-0.4, -0.2) is 44.2 Å². The molecule has 1 aliphatic rings. The van der Waals surface area contributed by atoms with Crippen LogP contribution in [0.1, 0.15) is 33.8 Å². The first kappa shape index (κ1) is 28.6. The van der Waals surface area contributed by atoms with E-state index in [2.05, 4.69) is 10.3 Å². The van der Waals surface area contributed by atoms with Crippen molar-refractivity contribution in [3.05, 3.63) is 70.2 Å². The van der Waals surface area contributed by atoms with Crippen molar-refractivity contribution in [2.75, 3.05) is 27.4 Å². The summed E-state index contributed by atoms with van der Waals surface area (Å²) in [6, 6.07) is 13.2. The molecule has 4 rings (SSSR count). The van der Waals surface area contributed by atoms with Crippen LogP contribution in [0.4, 0.5) is 0 Å². The summed E-state index contributed by atoms with van der Waals surface area (Å²) in [6.45, 7) is 0.650. The summed E-state index contributed by atoms with van der Waals surface area (Å²) in [5.41, 5.74) is 1.77. The van der Waals surface area contributed by atoms with Gasteiger partial charge in [-0.05, 0) is 49.2 Å². The van der Waals surface area contributed by atoms with Crippen LogP contribution in [0.15, 0.2) is 48.5 Å². The van der Waals surface area contributed by atoms with Gasteiger partial charge in [-0.2, -0.15) is 4.98 Å². The molecule has 37 heavy (non-hydrogen) atoms. The number of aromatic nitrogens is 1. The Morgan fingerprint density at radius 1 is 1.14 bits per heavy atom. The Kier molecular flexibility index (Phi) is 10.0. The number of pyridine rings is 1. The van der Waals surface area contributed by atoms with E-state index in [9.17, 15) is 14.7 Å². The molecule has 1 N–H and O–H groups in total. The molecule has 0 spiro atoms. The maximum atomic E-state index is 12.6. The van der Waals surface area contributed by atoms with E-state index in [0.717, 1.165) is 5.56 Å². The van der Waals surface area contributed by atoms with Gasteiger partial charge in [-0.3, -0.25) is 4.79 Å². The van der Waals surface area contributed by atoms with Crippen molar-refractivity contribution < 1.29 is 63.2 Å². The first-order valence-corrected chi connectivity index (χ1v) is 11.6. The summed E-state index contributed by atoms with van der Waals surface area (Å²) in [5.74, 6) is -0.120. The standard InChI is InChI=1S/C26H25ClN2O7.Na/c1-33-23-8-5-16(25(29-23)34-2)9-11-28-24(30)15-3-6-17(7-4-15)36-22-14-21-19(13-20(22)27)18(26(31)32)10-12-35-21;/h3-8,13-14,18H,9-12H2,1-2H3,(H,28,30)(H,31,32);/q;+1/p-1. The van der Waals surface area contributed by atoms with Crippen molar-refractivity contribution in [1.82, 2.24) is 10.3 Å². The van der Waals surface area contributed by atoms with E-state index in [0.29, 0.717) is 59.5 Å². The molecule has 0 radical (unpaired) electrons. The van der Waals surface area contributed by atoms with Crippen LogP contribution in [0.25, 0.3) is 0 Å². The third-order valence-corrected chi connectivity index (χ3v) is 6.02. The number of carbonyl (C=O) groups excluding carboxylic acids is 2. The van der Waals surface area contributed by atoms with Crippen LogP contribution < -0.4 is 58.9 Å². The molecule has 9 nitrogen and oxygen atoms in total. The molecule has 0 saturated carbocycles. The number of nitrogens with one attached hydrogen (secondary N) is 1. The summed E-state index contributed by atoms with van der Waals surface area (Å²) in [5, 5.41) is 14.5. The van der Waals surface area contributed by atoms with Gasteiger partial charge in [0.25, 0.3) is 5.91 Å². The Morgan fingerprint density at radius 3 is 2.57 bits per heavy atom. The molecule has 188 valence electrons. The molecule has 1 aliphatic heterocycles. The average molecular weight is 535 g/mol. The second-order valence-electron chi connectivity index (χ2n) is 7.98. The zero-order chi connectivity index (χ0) is 25.7. The largest absolute Gasteiger partial charge is 1.00 e. The number of hydrogen-bond acceptors (Lipinski definition) is 8. The fraction of sp³-hybridized carbons (Fsp3) is 0.269. The molecule has 1 amide bonds. The van der Waals surface area contributed by atoms with Gasteiger partial charge in [0.15, 0.2) is 0 Å². The van der Waals surface area contributed by atoms with Gasteiger partial charge in [0, 0.05) is 47.3 Å². The summed E-state index contributed by atoms with van der Waals surface area (Å²) in [4.78, 5) is 28.2. The van der Waals surface area contributed by atoms with Crippen molar-refractivity contribution in [3.8, 4) is 29.0 Å². The Bertz CT molecular complexity index is 1270. The average Bonchev–Trinajstić information content (AvgIpc) is 2.89. The summed E-state index contributed by atoms with van der Waals surface area (Å²) in [7, 11) is 3.06. The number of fused-ring (bicyclic) bond motifs is 1. The van der Waals surface area contributed by atoms with Gasteiger partial charge in [0.05, 0.1) is 25.8 Å². The molecule has 11 heteroatoms. The number of benzene rings is 2. The molecule has 3 aromatic rings. The van der Waals surface area contributed by atoms with E-state index in [1.165, 1.54) is 20.3 Å². The van der Waals surface area contributed by atoms with Crippen molar-refractivity contribution >= 4 is 23.5 Å². The van der Waals surface area contributed by atoms with E-state index in [1.54, 1.807) is 36.4 Å². The third-order valence-electron chi connectivity index (χ3n) is 5.73. The molecular weight excluding hydrogens is 511 g/mol. The maximum Gasteiger partial charge on any atom is 1.00 e. The van der Waals surface area contributed by atoms with E-state index in [1.807, 2.05) is 6.07 Å². The van der Waals surface area contributed by atoms with Crippen molar-refractivity contribution in [2.45, 2.75) is 18.8 Å². The number of nitrogens with zero attached hydrogens (tertiary/aromatic N) is 1. The molecule has 2 aromatic carbocycles. The van der Waals surface area contributed by atoms with Crippen LogP contribution in [0, 0.1) is 0 Å². The summed E-state index contributed by atoms with van der Waals surface area (Å²) >= 11 is 6.33. The van der Waals surface area contributed by atoms with Gasteiger partial charge in [-0.1, -0.05) is 11.6 Å². The summed E-state index contributed by atoms with van der Waals surface area (Å²) < 4.78 is 21.8. The molecule has 0 bridgehead atoms. The molecule has 2 heterocycles. The van der Waals surface area contributed by atoms with E-state index in [4.69, 9.17) is 30.5 Å². The van der Waals surface area contributed by atoms with Crippen molar-refractivity contribution in [2.24, 2.45) is 0 Å². The molecule has 1 atom stereocenters. The van der Waals surface area contributed by atoms with Gasteiger partial charge in [0.1, 0.15) is 17.2 Å². The number of rotatable bonds is 9. The monoisotopic (exact) mass is 534 g/mol. The number of ether oxygens (including phenoxy) is 4. The van der Waals surface area contributed by atoms with Gasteiger partial charge in [-0.15, -0.1) is 0 Å². The van der Waals surface area contributed by atoms with Crippen LogP contribution in [-0.2, 0) is 11.2 Å². The van der Waals surface area contributed by atoms with E-state index < -0.39 is 11.9 Å². The fourth-order valence-electron chi connectivity index (χ4n) is 3.86.